The summed E-state index contributed by atoms with van der Waals surface area (Å²) in [6.07, 6.45) is 1.09. The van der Waals surface area contributed by atoms with Crippen LogP contribution in [0.1, 0.15) is 11.1 Å². The Labute approximate surface area is 154 Å². The zero-order valence-electron chi connectivity index (χ0n) is 15.2. The van der Waals surface area contributed by atoms with Crippen molar-refractivity contribution in [3.63, 3.8) is 0 Å². The van der Waals surface area contributed by atoms with Crippen LogP contribution >= 0.6 is 0 Å². The van der Waals surface area contributed by atoms with Crippen LogP contribution in [0.5, 0.6) is 5.75 Å². The van der Waals surface area contributed by atoms with Crippen LogP contribution in [0.4, 0.5) is 5.69 Å². The number of carbonyl (C=O) groups is 1. The zero-order chi connectivity index (χ0) is 19.2. The van der Waals surface area contributed by atoms with Gasteiger partial charge in [0.05, 0.1) is 18.5 Å². The summed E-state index contributed by atoms with van der Waals surface area (Å²) < 4.78 is 30.9. The van der Waals surface area contributed by atoms with Crippen molar-refractivity contribution in [1.29, 1.82) is 0 Å². The summed E-state index contributed by atoms with van der Waals surface area (Å²) in [5.74, 6) is 0.381. The van der Waals surface area contributed by atoms with Crippen molar-refractivity contribution in [2.24, 2.45) is 0 Å². The summed E-state index contributed by atoms with van der Waals surface area (Å²) in [6.45, 7) is 4.08. The minimum atomic E-state index is -3.57. The van der Waals surface area contributed by atoms with E-state index < -0.39 is 10.0 Å². The number of para-hydroxylation sites is 2. The fourth-order valence-corrected chi connectivity index (χ4v) is 3.39. The Morgan fingerprint density at radius 3 is 2.27 bits per heavy atom. The van der Waals surface area contributed by atoms with Crippen molar-refractivity contribution in [2.75, 3.05) is 30.3 Å². The van der Waals surface area contributed by atoms with E-state index in [1.54, 1.807) is 25.1 Å². The van der Waals surface area contributed by atoms with E-state index in [0.717, 1.165) is 27.4 Å². The molecule has 140 valence electrons. The quantitative estimate of drug-likeness (QED) is 0.717. The average molecular weight is 376 g/mol. The van der Waals surface area contributed by atoms with Crippen LogP contribution in [0.25, 0.3) is 0 Å². The minimum Gasteiger partial charge on any atom is -0.491 e. The van der Waals surface area contributed by atoms with Crippen LogP contribution in [0, 0.1) is 13.8 Å². The lowest BCUT2D eigenvalue weighted by Gasteiger charge is -2.23. The first-order valence-corrected chi connectivity index (χ1v) is 10.1. The highest BCUT2D eigenvalue weighted by Crippen LogP contribution is 2.21. The number of benzene rings is 2. The number of rotatable bonds is 8. The summed E-state index contributed by atoms with van der Waals surface area (Å²) in [4.78, 5) is 12.2. The molecule has 0 saturated carbocycles. The highest BCUT2D eigenvalue weighted by Gasteiger charge is 2.21. The second kappa shape index (κ2) is 8.71. The third-order valence-electron chi connectivity index (χ3n) is 3.85. The Balaban J connectivity index is 1.92. The van der Waals surface area contributed by atoms with E-state index in [2.05, 4.69) is 5.32 Å². The van der Waals surface area contributed by atoms with E-state index >= 15 is 0 Å². The van der Waals surface area contributed by atoms with E-state index in [1.807, 2.05) is 37.3 Å². The minimum absolute atomic E-state index is 0.270. The SMILES string of the molecule is Cc1ccccc1OCCNC(=O)CN(c1ccccc1C)S(C)(=O)=O. The molecule has 2 aromatic carbocycles. The largest absolute Gasteiger partial charge is 0.491 e. The number of sulfonamides is 1. The lowest BCUT2D eigenvalue weighted by atomic mass is 10.2. The van der Waals surface area contributed by atoms with Gasteiger partial charge in [0.1, 0.15) is 18.9 Å². The third-order valence-corrected chi connectivity index (χ3v) is 4.97. The number of hydrogen-bond donors (Lipinski definition) is 1. The molecule has 0 heterocycles. The molecule has 0 aliphatic carbocycles. The average Bonchev–Trinajstić information content (AvgIpc) is 2.58. The molecule has 2 rings (SSSR count). The van der Waals surface area contributed by atoms with Gasteiger partial charge in [-0.3, -0.25) is 9.10 Å². The Bertz CT molecular complexity index is 865. The van der Waals surface area contributed by atoms with E-state index in [4.69, 9.17) is 4.74 Å². The molecular formula is C19H24N2O4S. The van der Waals surface area contributed by atoms with Gasteiger partial charge in [0.15, 0.2) is 0 Å². The molecule has 0 radical (unpaired) electrons. The molecule has 26 heavy (non-hydrogen) atoms. The number of nitrogens with one attached hydrogen (secondary N) is 1. The van der Waals surface area contributed by atoms with Gasteiger partial charge in [0.2, 0.25) is 15.9 Å². The van der Waals surface area contributed by atoms with Gasteiger partial charge in [-0.25, -0.2) is 8.42 Å². The second-order valence-corrected chi connectivity index (χ2v) is 7.93. The van der Waals surface area contributed by atoms with Gasteiger partial charge in [-0.05, 0) is 37.1 Å². The predicted octanol–water partition coefficient (Wildman–Crippen LogP) is 2.26. The number of nitrogens with zero attached hydrogens (tertiary/aromatic N) is 1. The lowest BCUT2D eigenvalue weighted by molar-refractivity contribution is -0.119. The Morgan fingerprint density at radius 1 is 1.04 bits per heavy atom. The third kappa shape index (κ3) is 5.49. The van der Waals surface area contributed by atoms with Crippen molar-refractivity contribution >= 4 is 21.6 Å². The van der Waals surface area contributed by atoms with Crippen molar-refractivity contribution in [3.05, 3.63) is 59.7 Å². The summed E-state index contributed by atoms with van der Waals surface area (Å²) in [6, 6.07) is 14.7. The van der Waals surface area contributed by atoms with Crippen LogP contribution in [-0.4, -0.2) is 40.3 Å². The predicted molar refractivity (Wildman–Crippen MR) is 103 cm³/mol. The van der Waals surface area contributed by atoms with Crippen LogP contribution in [0.2, 0.25) is 0 Å². The first-order valence-electron chi connectivity index (χ1n) is 8.27. The number of hydrogen-bond acceptors (Lipinski definition) is 4. The summed E-state index contributed by atoms with van der Waals surface area (Å²) >= 11 is 0. The van der Waals surface area contributed by atoms with E-state index in [1.165, 1.54) is 0 Å². The van der Waals surface area contributed by atoms with Crippen molar-refractivity contribution in [1.82, 2.24) is 5.32 Å². The molecule has 0 spiro atoms. The van der Waals surface area contributed by atoms with Gasteiger partial charge < -0.3 is 10.1 Å². The normalized spacial score (nSPS) is 11.0. The fraction of sp³-hybridized carbons (Fsp3) is 0.316. The molecule has 2 aromatic rings. The first-order chi connectivity index (χ1) is 12.3. The zero-order valence-corrected chi connectivity index (χ0v) is 16.0. The molecule has 0 saturated heterocycles. The Hall–Kier alpha value is -2.54. The van der Waals surface area contributed by atoms with Gasteiger partial charge in [-0.15, -0.1) is 0 Å². The van der Waals surface area contributed by atoms with Crippen LogP contribution in [-0.2, 0) is 14.8 Å². The maximum atomic E-state index is 12.2. The van der Waals surface area contributed by atoms with Gasteiger partial charge in [0, 0.05) is 0 Å². The van der Waals surface area contributed by atoms with Crippen molar-refractivity contribution < 1.29 is 17.9 Å². The van der Waals surface area contributed by atoms with Gasteiger partial charge in [-0.1, -0.05) is 36.4 Å². The molecule has 0 unspecified atom stereocenters. The molecule has 0 aromatic heterocycles. The number of aryl methyl sites for hydroxylation is 2. The summed E-state index contributed by atoms with van der Waals surface area (Å²) in [5.41, 5.74) is 2.30. The molecule has 7 heteroatoms. The molecular weight excluding hydrogens is 352 g/mol. The van der Waals surface area contributed by atoms with Gasteiger partial charge in [0.25, 0.3) is 0 Å². The summed E-state index contributed by atoms with van der Waals surface area (Å²) in [5, 5.41) is 2.69. The topological polar surface area (TPSA) is 75.7 Å². The van der Waals surface area contributed by atoms with Gasteiger partial charge >= 0.3 is 0 Å². The smallest absolute Gasteiger partial charge is 0.240 e. The monoisotopic (exact) mass is 376 g/mol. The van der Waals surface area contributed by atoms with Gasteiger partial charge in [-0.2, -0.15) is 0 Å². The molecule has 1 amide bonds. The van der Waals surface area contributed by atoms with Crippen molar-refractivity contribution in [2.45, 2.75) is 13.8 Å². The molecule has 0 aliphatic heterocycles. The van der Waals surface area contributed by atoms with Crippen molar-refractivity contribution in [3.8, 4) is 5.75 Å². The van der Waals surface area contributed by atoms with Crippen LogP contribution in [0.3, 0.4) is 0 Å². The number of carbonyl (C=O) groups excluding carboxylic acids is 1. The molecule has 1 N–H and O–H groups in total. The maximum absolute atomic E-state index is 12.2. The fourth-order valence-electron chi connectivity index (χ4n) is 2.48. The summed E-state index contributed by atoms with van der Waals surface area (Å²) in [7, 11) is -3.57. The van der Waals surface area contributed by atoms with E-state index in [-0.39, 0.29) is 12.5 Å². The number of ether oxygens (including phenoxy) is 1. The maximum Gasteiger partial charge on any atom is 0.240 e. The lowest BCUT2D eigenvalue weighted by Crippen LogP contribution is -2.41. The second-order valence-electron chi connectivity index (χ2n) is 6.02. The first kappa shape index (κ1) is 19.8. The molecule has 6 nitrogen and oxygen atoms in total. The Morgan fingerprint density at radius 2 is 1.65 bits per heavy atom. The van der Waals surface area contributed by atoms with E-state index in [0.29, 0.717) is 18.8 Å². The number of amides is 1. The molecule has 0 aliphatic rings. The van der Waals surface area contributed by atoms with E-state index in [9.17, 15) is 13.2 Å². The molecule has 0 atom stereocenters. The standard InChI is InChI=1S/C19H24N2O4S/c1-15-8-4-6-10-17(15)21(26(3,23)24)14-19(22)20-12-13-25-18-11-7-5-9-16(18)2/h4-11H,12-14H2,1-3H3,(H,20,22). The highest BCUT2D eigenvalue weighted by molar-refractivity contribution is 7.92. The number of anilines is 1. The Kier molecular flexibility index (Phi) is 6.63. The van der Waals surface area contributed by atoms with Crippen LogP contribution < -0.4 is 14.4 Å². The highest BCUT2D eigenvalue weighted by atomic mass is 32.2. The van der Waals surface area contributed by atoms with Crippen LogP contribution in [0.15, 0.2) is 48.5 Å². The molecule has 0 bridgehead atoms. The molecule has 0 fully saturated rings.